The van der Waals surface area contributed by atoms with Crippen molar-refractivity contribution in [1.82, 2.24) is 10.2 Å². The Kier molecular flexibility index (Phi) is 4.85. The number of carbonyl (C=O) groups excluding carboxylic acids is 1. The first-order chi connectivity index (χ1) is 9.65. The minimum Gasteiger partial charge on any atom is -0.339 e. The Hall–Kier alpha value is 0.0900. The third-order valence-corrected chi connectivity index (χ3v) is 6.72. The zero-order chi connectivity index (χ0) is 14.1. The average Bonchev–Trinajstić information content (AvgIpc) is 3.08. The Morgan fingerprint density at radius 3 is 2.60 bits per heavy atom. The van der Waals surface area contributed by atoms with Crippen molar-refractivity contribution in [3.63, 3.8) is 0 Å². The molecule has 0 saturated carbocycles. The lowest BCUT2D eigenvalue weighted by Crippen LogP contribution is -2.43. The van der Waals surface area contributed by atoms with Crippen molar-refractivity contribution in [3.05, 3.63) is 19.2 Å². The molecule has 2 saturated heterocycles. The molecule has 6 heteroatoms. The number of hydrogen-bond acceptors (Lipinski definition) is 3. The first-order valence-corrected chi connectivity index (χ1v) is 9.53. The maximum atomic E-state index is 12.5. The van der Waals surface area contributed by atoms with Gasteiger partial charge in [0, 0.05) is 19.1 Å². The van der Waals surface area contributed by atoms with E-state index in [0.717, 1.165) is 45.0 Å². The van der Waals surface area contributed by atoms with E-state index in [1.54, 1.807) is 11.3 Å². The molecule has 0 aliphatic carbocycles. The van der Waals surface area contributed by atoms with Crippen LogP contribution in [0.5, 0.6) is 0 Å². The molecule has 2 aliphatic rings. The van der Waals surface area contributed by atoms with Crippen LogP contribution in [0, 0.1) is 5.92 Å². The number of halogens is 2. The highest BCUT2D eigenvalue weighted by Crippen LogP contribution is 2.34. The molecule has 1 N–H and O–H groups in total. The van der Waals surface area contributed by atoms with Gasteiger partial charge >= 0.3 is 0 Å². The number of thiophene rings is 1. The molecule has 0 radical (unpaired) electrons. The topological polar surface area (TPSA) is 32.3 Å². The third-order valence-electron chi connectivity index (χ3n) is 4.38. The summed E-state index contributed by atoms with van der Waals surface area (Å²) in [6.45, 7) is 2.95. The summed E-state index contributed by atoms with van der Waals surface area (Å²) in [6, 6.07) is 2.61. The average molecular weight is 422 g/mol. The van der Waals surface area contributed by atoms with Gasteiger partial charge < -0.3 is 10.2 Å². The van der Waals surface area contributed by atoms with E-state index in [0.29, 0.717) is 6.04 Å². The van der Waals surface area contributed by atoms with Gasteiger partial charge in [-0.3, -0.25) is 4.79 Å². The van der Waals surface area contributed by atoms with Gasteiger partial charge in [-0.2, -0.15) is 0 Å². The van der Waals surface area contributed by atoms with Crippen molar-refractivity contribution in [1.29, 1.82) is 0 Å². The summed E-state index contributed by atoms with van der Waals surface area (Å²) in [5.74, 6) is 0.913. The molecule has 1 atom stereocenters. The Balaban J connectivity index is 1.60. The smallest absolute Gasteiger partial charge is 0.255 e. The molecule has 0 aromatic carbocycles. The second-order valence-electron chi connectivity index (χ2n) is 5.57. The second kappa shape index (κ2) is 6.46. The number of amides is 1. The molecule has 0 bridgehead atoms. The van der Waals surface area contributed by atoms with Gasteiger partial charge in [0.15, 0.2) is 0 Å². The quantitative estimate of drug-likeness (QED) is 0.785. The predicted molar refractivity (Wildman–Crippen MR) is 89.4 cm³/mol. The zero-order valence-corrected chi connectivity index (χ0v) is 15.2. The van der Waals surface area contributed by atoms with Crippen molar-refractivity contribution < 1.29 is 4.79 Å². The monoisotopic (exact) mass is 420 g/mol. The highest BCUT2D eigenvalue weighted by molar-refractivity contribution is 9.12. The van der Waals surface area contributed by atoms with E-state index in [1.165, 1.54) is 19.4 Å². The SMILES string of the molecule is O=C(c1cc(Br)sc1Br)N1CCC(C2CCCN2)CC1. The number of nitrogens with one attached hydrogen (secondary N) is 1. The fraction of sp³-hybridized carbons (Fsp3) is 0.643. The van der Waals surface area contributed by atoms with E-state index in [1.807, 2.05) is 11.0 Å². The summed E-state index contributed by atoms with van der Waals surface area (Å²) in [4.78, 5) is 14.5. The number of carbonyl (C=O) groups is 1. The Labute approximate surface area is 140 Å². The number of piperidine rings is 1. The van der Waals surface area contributed by atoms with Crippen LogP contribution in [0.15, 0.2) is 13.6 Å². The first kappa shape index (κ1) is 15.0. The van der Waals surface area contributed by atoms with Crippen molar-refractivity contribution in [3.8, 4) is 0 Å². The largest absolute Gasteiger partial charge is 0.339 e. The second-order valence-corrected chi connectivity index (χ2v) is 9.32. The van der Waals surface area contributed by atoms with Gasteiger partial charge in [-0.05, 0) is 76.1 Å². The Morgan fingerprint density at radius 1 is 1.30 bits per heavy atom. The van der Waals surface area contributed by atoms with Crippen LogP contribution in [0.2, 0.25) is 0 Å². The summed E-state index contributed by atoms with van der Waals surface area (Å²) in [5.41, 5.74) is 0.791. The van der Waals surface area contributed by atoms with Gasteiger partial charge in [0.1, 0.15) is 0 Å². The normalized spacial score (nSPS) is 24.3. The Morgan fingerprint density at radius 2 is 2.05 bits per heavy atom. The summed E-state index contributed by atoms with van der Waals surface area (Å²) < 4.78 is 1.92. The minimum absolute atomic E-state index is 0.164. The van der Waals surface area contributed by atoms with E-state index in [4.69, 9.17) is 0 Å². The maximum Gasteiger partial charge on any atom is 0.255 e. The van der Waals surface area contributed by atoms with E-state index >= 15 is 0 Å². The van der Waals surface area contributed by atoms with Gasteiger partial charge in [-0.1, -0.05) is 0 Å². The highest BCUT2D eigenvalue weighted by atomic mass is 79.9. The molecule has 1 aromatic rings. The lowest BCUT2D eigenvalue weighted by atomic mass is 9.88. The van der Waals surface area contributed by atoms with Crippen LogP contribution in [-0.4, -0.2) is 36.5 Å². The van der Waals surface area contributed by atoms with Gasteiger partial charge in [0.25, 0.3) is 5.91 Å². The summed E-state index contributed by atoms with van der Waals surface area (Å²) in [7, 11) is 0. The predicted octanol–water partition coefficient (Wildman–Crippen LogP) is 3.88. The molecule has 1 amide bonds. The first-order valence-electron chi connectivity index (χ1n) is 7.12. The molecule has 20 heavy (non-hydrogen) atoms. The minimum atomic E-state index is 0.164. The van der Waals surface area contributed by atoms with Crippen LogP contribution in [-0.2, 0) is 0 Å². The lowest BCUT2D eigenvalue weighted by molar-refractivity contribution is 0.0674. The lowest BCUT2D eigenvalue weighted by Gasteiger charge is -2.34. The van der Waals surface area contributed by atoms with Gasteiger partial charge in [0.05, 0.1) is 13.1 Å². The standard InChI is InChI=1S/C14H18Br2N2OS/c15-12-8-10(13(16)20-12)14(19)18-6-3-9(4-7-18)11-2-1-5-17-11/h8-9,11,17H,1-7H2. The molecule has 2 fully saturated rings. The molecule has 110 valence electrons. The van der Waals surface area contributed by atoms with Gasteiger partial charge in [-0.15, -0.1) is 11.3 Å². The molecule has 3 nitrogen and oxygen atoms in total. The number of likely N-dealkylation sites (tertiary alicyclic amines) is 1. The molecular formula is C14H18Br2N2OS. The fourth-order valence-electron chi connectivity index (χ4n) is 3.28. The van der Waals surface area contributed by atoms with Crippen LogP contribution in [0.4, 0.5) is 0 Å². The van der Waals surface area contributed by atoms with Gasteiger partial charge in [0.2, 0.25) is 0 Å². The number of rotatable bonds is 2. The molecule has 2 aliphatic heterocycles. The van der Waals surface area contributed by atoms with E-state index in [9.17, 15) is 4.79 Å². The molecule has 3 heterocycles. The van der Waals surface area contributed by atoms with Crippen LogP contribution < -0.4 is 5.32 Å². The summed E-state index contributed by atoms with van der Waals surface area (Å²) in [6.07, 6.45) is 4.87. The van der Waals surface area contributed by atoms with Crippen LogP contribution >= 0.6 is 43.2 Å². The molecule has 0 spiro atoms. The number of nitrogens with zero attached hydrogens (tertiary/aromatic N) is 1. The van der Waals surface area contributed by atoms with Crippen LogP contribution in [0.25, 0.3) is 0 Å². The van der Waals surface area contributed by atoms with Crippen molar-refractivity contribution in [2.24, 2.45) is 5.92 Å². The summed E-state index contributed by atoms with van der Waals surface area (Å²) in [5, 5.41) is 3.60. The zero-order valence-electron chi connectivity index (χ0n) is 11.2. The van der Waals surface area contributed by atoms with Crippen molar-refractivity contribution >= 4 is 49.1 Å². The Bertz CT molecular complexity index is 491. The fourth-order valence-corrected chi connectivity index (χ4v) is 6.05. The maximum absolute atomic E-state index is 12.5. The van der Waals surface area contributed by atoms with Crippen molar-refractivity contribution in [2.75, 3.05) is 19.6 Å². The van der Waals surface area contributed by atoms with E-state index < -0.39 is 0 Å². The van der Waals surface area contributed by atoms with Crippen LogP contribution in [0.1, 0.15) is 36.0 Å². The third kappa shape index (κ3) is 3.13. The van der Waals surface area contributed by atoms with Crippen molar-refractivity contribution in [2.45, 2.75) is 31.7 Å². The molecule has 1 aromatic heterocycles. The highest BCUT2D eigenvalue weighted by Gasteiger charge is 2.30. The van der Waals surface area contributed by atoms with Gasteiger partial charge in [-0.25, -0.2) is 0 Å². The molecule has 3 rings (SSSR count). The molecular weight excluding hydrogens is 404 g/mol. The summed E-state index contributed by atoms with van der Waals surface area (Å²) >= 11 is 8.48. The van der Waals surface area contributed by atoms with E-state index in [-0.39, 0.29) is 5.91 Å². The van der Waals surface area contributed by atoms with Crippen LogP contribution in [0.3, 0.4) is 0 Å². The molecule has 1 unspecified atom stereocenters. The van der Waals surface area contributed by atoms with E-state index in [2.05, 4.69) is 37.2 Å². The number of hydrogen-bond donors (Lipinski definition) is 1.